The zero-order valence-electron chi connectivity index (χ0n) is 9.20. The Balaban J connectivity index is 3.06. The average Bonchev–Trinajstić information content (AvgIpc) is 2.11. The van der Waals surface area contributed by atoms with Crippen LogP contribution in [0, 0.1) is 11.6 Å². The minimum atomic E-state index is -1.14. The van der Waals surface area contributed by atoms with Gasteiger partial charge in [0, 0.05) is 5.54 Å². The van der Waals surface area contributed by atoms with E-state index in [-0.39, 0.29) is 10.0 Å². The first-order valence-electron chi connectivity index (χ1n) is 4.68. The van der Waals surface area contributed by atoms with Crippen LogP contribution in [-0.2, 0) is 0 Å². The Morgan fingerprint density at radius 3 is 2.31 bits per heavy atom. The second-order valence-corrected chi connectivity index (χ2v) is 5.28. The monoisotopic (exact) mass is 291 g/mol. The first kappa shape index (κ1) is 13.1. The van der Waals surface area contributed by atoms with Crippen molar-refractivity contribution in [2.24, 2.45) is 0 Å². The number of benzene rings is 1. The number of amides is 1. The van der Waals surface area contributed by atoms with Crippen molar-refractivity contribution >= 4 is 21.8 Å². The summed E-state index contributed by atoms with van der Waals surface area (Å²) < 4.78 is 26.6. The fourth-order valence-corrected chi connectivity index (χ4v) is 1.42. The molecule has 0 bridgehead atoms. The summed E-state index contributed by atoms with van der Waals surface area (Å²) in [5.74, 6) is -2.82. The fraction of sp³-hybridized carbons (Fsp3) is 0.364. The average molecular weight is 292 g/mol. The lowest BCUT2D eigenvalue weighted by atomic mass is 10.1. The van der Waals surface area contributed by atoms with Gasteiger partial charge in [-0.05, 0) is 48.8 Å². The Labute approximate surface area is 101 Å². The second kappa shape index (κ2) is 4.49. The van der Waals surface area contributed by atoms with Crippen LogP contribution in [0.2, 0.25) is 0 Å². The summed E-state index contributed by atoms with van der Waals surface area (Å²) in [6, 6.07) is 2.54. The van der Waals surface area contributed by atoms with E-state index in [1.54, 1.807) is 20.8 Å². The maximum Gasteiger partial charge on any atom is 0.254 e. The number of carbonyl (C=O) groups excluding carboxylic acids is 1. The van der Waals surface area contributed by atoms with Crippen LogP contribution in [-0.4, -0.2) is 11.4 Å². The zero-order chi connectivity index (χ0) is 12.5. The number of hydrogen-bond donors (Lipinski definition) is 1. The molecule has 2 nitrogen and oxygen atoms in total. The lowest BCUT2D eigenvalue weighted by molar-refractivity contribution is 0.0914. The third-order valence-corrected chi connectivity index (χ3v) is 2.38. The van der Waals surface area contributed by atoms with Gasteiger partial charge in [-0.15, -0.1) is 0 Å². The van der Waals surface area contributed by atoms with Crippen molar-refractivity contribution in [2.45, 2.75) is 26.3 Å². The lowest BCUT2D eigenvalue weighted by Gasteiger charge is -2.20. The molecular formula is C11H12BrF2NO. The fourth-order valence-electron chi connectivity index (χ4n) is 1.11. The first-order chi connectivity index (χ1) is 7.22. The molecule has 0 fully saturated rings. The molecule has 0 saturated carbocycles. The molecule has 0 aliphatic heterocycles. The number of halogens is 3. The zero-order valence-corrected chi connectivity index (χ0v) is 10.8. The maximum atomic E-state index is 13.4. The van der Waals surface area contributed by atoms with E-state index in [0.29, 0.717) is 0 Å². The van der Waals surface area contributed by atoms with E-state index in [0.717, 1.165) is 0 Å². The molecule has 1 N–H and O–H groups in total. The molecule has 5 heteroatoms. The summed E-state index contributed by atoms with van der Waals surface area (Å²) in [5, 5.41) is 2.56. The molecule has 88 valence electrons. The van der Waals surface area contributed by atoms with Crippen LogP contribution in [0.4, 0.5) is 8.78 Å². The van der Waals surface area contributed by atoms with Gasteiger partial charge >= 0.3 is 0 Å². The number of carbonyl (C=O) groups is 1. The van der Waals surface area contributed by atoms with Crippen molar-refractivity contribution in [3.63, 3.8) is 0 Å². The van der Waals surface area contributed by atoms with Crippen LogP contribution in [0.25, 0.3) is 0 Å². The Morgan fingerprint density at radius 1 is 1.25 bits per heavy atom. The molecular weight excluding hydrogens is 280 g/mol. The predicted octanol–water partition coefficient (Wildman–Crippen LogP) is 3.26. The molecule has 0 spiro atoms. The highest BCUT2D eigenvalue weighted by Gasteiger charge is 2.21. The summed E-state index contributed by atoms with van der Waals surface area (Å²) >= 11 is 2.84. The summed E-state index contributed by atoms with van der Waals surface area (Å²) in [5.41, 5.74) is -0.789. The van der Waals surface area contributed by atoms with Gasteiger partial charge in [-0.2, -0.15) is 0 Å². The molecule has 0 aliphatic carbocycles. The molecule has 1 amide bonds. The highest BCUT2D eigenvalue weighted by atomic mass is 79.9. The van der Waals surface area contributed by atoms with Crippen LogP contribution in [0.3, 0.4) is 0 Å². The standard InChI is InChI=1S/C11H12BrF2NO/c1-11(2,3)15-10(16)6-4-5-7(12)9(14)8(6)13/h4-5H,1-3H3,(H,15,16). The molecule has 0 saturated heterocycles. The van der Waals surface area contributed by atoms with Crippen LogP contribution in [0.15, 0.2) is 16.6 Å². The predicted molar refractivity (Wildman–Crippen MR) is 61.3 cm³/mol. The van der Waals surface area contributed by atoms with Gasteiger partial charge in [-0.25, -0.2) is 8.78 Å². The van der Waals surface area contributed by atoms with Crippen molar-refractivity contribution in [2.75, 3.05) is 0 Å². The summed E-state index contributed by atoms with van der Waals surface area (Å²) in [6.07, 6.45) is 0. The van der Waals surface area contributed by atoms with Crippen molar-refractivity contribution in [3.8, 4) is 0 Å². The normalized spacial score (nSPS) is 11.4. The molecule has 0 aliphatic rings. The Bertz CT molecular complexity index is 427. The van der Waals surface area contributed by atoms with Crippen LogP contribution in [0.5, 0.6) is 0 Å². The number of rotatable bonds is 1. The molecule has 16 heavy (non-hydrogen) atoms. The SMILES string of the molecule is CC(C)(C)NC(=O)c1ccc(Br)c(F)c1F. The third kappa shape index (κ3) is 3.01. The number of nitrogens with one attached hydrogen (secondary N) is 1. The van der Waals surface area contributed by atoms with Crippen molar-refractivity contribution < 1.29 is 13.6 Å². The topological polar surface area (TPSA) is 29.1 Å². The van der Waals surface area contributed by atoms with Gasteiger partial charge in [-0.3, -0.25) is 4.79 Å². The van der Waals surface area contributed by atoms with Gasteiger partial charge in [0.15, 0.2) is 11.6 Å². The van der Waals surface area contributed by atoms with Gasteiger partial charge in [0.1, 0.15) is 0 Å². The van der Waals surface area contributed by atoms with Gasteiger partial charge in [0.2, 0.25) is 0 Å². The van der Waals surface area contributed by atoms with Gasteiger partial charge in [-0.1, -0.05) is 0 Å². The smallest absolute Gasteiger partial charge is 0.254 e. The minimum absolute atomic E-state index is 0.00249. The molecule has 0 atom stereocenters. The van der Waals surface area contributed by atoms with E-state index >= 15 is 0 Å². The molecule has 0 radical (unpaired) electrons. The Morgan fingerprint density at radius 2 is 1.81 bits per heavy atom. The molecule has 1 aromatic rings. The molecule has 1 aromatic carbocycles. The minimum Gasteiger partial charge on any atom is -0.347 e. The quantitative estimate of drug-likeness (QED) is 0.791. The van der Waals surface area contributed by atoms with Crippen LogP contribution < -0.4 is 5.32 Å². The summed E-state index contributed by atoms with van der Waals surface area (Å²) in [4.78, 5) is 11.6. The summed E-state index contributed by atoms with van der Waals surface area (Å²) in [6.45, 7) is 5.29. The first-order valence-corrected chi connectivity index (χ1v) is 5.47. The lowest BCUT2D eigenvalue weighted by Crippen LogP contribution is -2.41. The van der Waals surface area contributed by atoms with E-state index in [9.17, 15) is 13.6 Å². The number of hydrogen-bond acceptors (Lipinski definition) is 1. The van der Waals surface area contributed by atoms with Crippen molar-refractivity contribution in [3.05, 3.63) is 33.8 Å². The van der Waals surface area contributed by atoms with Gasteiger partial charge in [0.05, 0.1) is 10.0 Å². The van der Waals surface area contributed by atoms with E-state index in [2.05, 4.69) is 21.2 Å². The molecule has 1 rings (SSSR count). The molecule has 0 heterocycles. The van der Waals surface area contributed by atoms with Gasteiger partial charge in [0.25, 0.3) is 5.91 Å². The van der Waals surface area contributed by atoms with E-state index in [1.807, 2.05) is 0 Å². The van der Waals surface area contributed by atoms with E-state index in [4.69, 9.17) is 0 Å². The van der Waals surface area contributed by atoms with Crippen LogP contribution in [0.1, 0.15) is 31.1 Å². The Kier molecular flexibility index (Phi) is 3.68. The summed E-state index contributed by atoms with van der Waals surface area (Å²) in [7, 11) is 0. The Hall–Kier alpha value is -0.970. The van der Waals surface area contributed by atoms with Gasteiger partial charge < -0.3 is 5.32 Å². The van der Waals surface area contributed by atoms with Crippen LogP contribution >= 0.6 is 15.9 Å². The molecule has 0 aromatic heterocycles. The largest absolute Gasteiger partial charge is 0.347 e. The van der Waals surface area contributed by atoms with Crippen molar-refractivity contribution in [1.82, 2.24) is 5.32 Å². The van der Waals surface area contributed by atoms with E-state index < -0.39 is 23.1 Å². The highest BCUT2D eigenvalue weighted by molar-refractivity contribution is 9.10. The third-order valence-electron chi connectivity index (χ3n) is 1.77. The van der Waals surface area contributed by atoms with Crippen molar-refractivity contribution in [1.29, 1.82) is 0 Å². The second-order valence-electron chi connectivity index (χ2n) is 4.43. The maximum absolute atomic E-state index is 13.4. The highest BCUT2D eigenvalue weighted by Crippen LogP contribution is 2.21. The molecule has 0 unspecified atom stereocenters. The van der Waals surface area contributed by atoms with E-state index in [1.165, 1.54) is 12.1 Å².